The van der Waals surface area contributed by atoms with Crippen LogP contribution in [0.15, 0.2) is 24.3 Å². The third kappa shape index (κ3) is 4.61. The Morgan fingerprint density at radius 2 is 2.00 bits per heavy atom. The molecule has 0 bridgehead atoms. The Labute approximate surface area is 160 Å². The van der Waals surface area contributed by atoms with E-state index >= 15 is 0 Å². The average Bonchev–Trinajstić information content (AvgIpc) is 2.67. The second-order valence-corrected chi connectivity index (χ2v) is 7.97. The molecule has 1 aromatic carbocycles. The van der Waals surface area contributed by atoms with Crippen molar-refractivity contribution < 1.29 is 19.4 Å². The highest BCUT2D eigenvalue weighted by Crippen LogP contribution is 2.41. The van der Waals surface area contributed by atoms with Crippen LogP contribution in [0, 0.1) is 24.7 Å². The Morgan fingerprint density at radius 1 is 1.22 bits per heavy atom. The van der Waals surface area contributed by atoms with Gasteiger partial charge in [-0.2, -0.15) is 0 Å². The molecule has 0 spiro atoms. The molecule has 148 valence electrons. The largest absolute Gasteiger partial charge is 0.480 e. The van der Waals surface area contributed by atoms with Crippen LogP contribution in [0.2, 0.25) is 0 Å². The molecule has 2 N–H and O–H groups in total. The summed E-state index contributed by atoms with van der Waals surface area (Å²) in [5.41, 5.74) is 2.62. The Morgan fingerprint density at radius 3 is 2.70 bits per heavy atom. The average molecular weight is 374 g/mol. The number of aliphatic carboxylic acids is 1. The quantitative estimate of drug-likeness (QED) is 0.828. The molecule has 1 saturated heterocycles. The Hall–Kier alpha value is -2.08. The smallest absolute Gasteiger partial charge is 0.410 e. The molecule has 4 atom stereocenters. The molecule has 6 heteroatoms. The van der Waals surface area contributed by atoms with E-state index in [1.54, 1.807) is 0 Å². The first-order valence-corrected chi connectivity index (χ1v) is 9.82. The highest BCUT2D eigenvalue weighted by Gasteiger charge is 2.44. The van der Waals surface area contributed by atoms with Crippen molar-refractivity contribution in [1.29, 1.82) is 0 Å². The molecule has 1 heterocycles. The number of methoxy groups -OCH3 is 1. The molecule has 27 heavy (non-hydrogen) atoms. The molecule has 2 aliphatic rings. The maximum absolute atomic E-state index is 12.0. The number of carboxylic acids is 1. The van der Waals surface area contributed by atoms with Gasteiger partial charge in [0, 0.05) is 13.1 Å². The van der Waals surface area contributed by atoms with Crippen LogP contribution >= 0.6 is 0 Å². The molecular weight excluding hydrogens is 344 g/mol. The van der Waals surface area contributed by atoms with Gasteiger partial charge in [-0.05, 0) is 68.0 Å². The van der Waals surface area contributed by atoms with E-state index in [0.29, 0.717) is 30.7 Å². The number of fused-ring (bicyclic) bond motifs is 1. The van der Waals surface area contributed by atoms with E-state index in [1.165, 1.54) is 23.1 Å². The molecule has 2 fully saturated rings. The summed E-state index contributed by atoms with van der Waals surface area (Å²) in [6.45, 7) is 4.45. The summed E-state index contributed by atoms with van der Waals surface area (Å²) in [6.07, 6.45) is 3.20. The molecule has 1 aliphatic heterocycles. The predicted molar refractivity (Wildman–Crippen MR) is 102 cm³/mol. The number of nitrogens with one attached hydrogen (secondary N) is 1. The fourth-order valence-electron chi connectivity index (χ4n) is 4.70. The standard InChI is InChI=1S/C21H30N2O4/c1-14-5-3-4-6-16(14)12-22-11-15-7-8-17-13-23(21(26)27-2)19(20(24)25)10-18(17)9-15/h3-6,15,17-19,22H,7-13H2,1-2H3,(H,24,25)/t15?,17-,18?,19?/m0/s1. The zero-order valence-corrected chi connectivity index (χ0v) is 16.2. The molecule has 3 unspecified atom stereocenters. The molecule has 1 saturated carbocycles. The maximum atomic E-state index is 12.0. The maximum Gasteiger partial charge on any atom is 0.410 e. The van der Waals surface area contributed by atoms with Crippen LogP contribution in [0.1, 0.15) is 36.8 Å². The van der Waals surface area contributed by atoms with Gasteiger partial charge in [0.1, 0.15) is 6.04 Å². The van der Waals surface area contributed by atoms with Gasteiger partial charge < -0.3 is 15.2 Å². The first-order valence-electron chi connectivity index (χ1n) is 9.82. The second-order valence-electron chi connectivity index (χ2n) is 7.97. The fraction of sp³-hybridized carbons (Fsp3) is 0.619. The topological polar surface area (TPSA) is 78.9 Å². The molecule has 1 amide bonds. The minimum atomic E-state index is -0.932. The third-order valence-electron chi connectivity index (χ3n) is 6.29. The van der Waals surface area contributed by atoms with Gasteiger partial charge in [-0.15, -0.1) is 0 Å². The lowest BCUT2D eigenvalue weighted by Crippen LogP contribution is -2.54. The minimum absolute atomic E-state index is 0.367. The lowest BCUT2D eigenvalue weighted by molar-refractivity contribution is -0.146. The van der Waals surface area contributed by atoms with Crippen molar-refractivity contribution in [3.63, 3.8) is 0 Å². The SMILES string of the molecule is COC(=O)N1C[C@@H]2CCC(CNCc3ccccc3C)CC2CC1C(=O)O. The number of carbonyl (C=O) groups is 2. The van der Waals surface area contributed by atoms with E-state index in [2.05, 4.69) is 36.5 Å². The highest BCUT2D eigenvalue weighted by atomic mass is 16.5. The zero-order valence-electron chi connectivity index (χ0n) is 16.2. The highest BCUT2D eigenvalue weighted by molar-refractivity contribution is 5.80. The predicted octanol–water partition coefficient (Wildman–Crippen LogP) is 3.04. The van der Waals surface area contributed by atoms with E-state index < -0.39 is 18.1 Å². The molecule has 3 rings (SSSR count). The summed E-state index contributed by atoms with van der Waals surface area (Å²) in [6, 6.07) is 7.64. The van der Waals surface area contributed by atoms with E-state index in [9.17, 15) is 14.7 Å². The van der Waals surface area contributed by atoms with Crippen molar-refractivity contribution in [2.45, 2.75) is 45.2 Å². The van der Waals surface area contributed by atoms with Gasteiger partial charge in [0.25, 0.3) is 0 Å². The Bertz CT molecular complexity index is 678. The number of ether oxygens (including phenoxy) is 1. The van der Waals surface area contributed by atoms with Crippen LogP contribution in [-0.2, 0) is 16.1 Å². The molecular formula is C21H30N2O4. The van der Waals surface area contributed by atoms with Crippen molar-refractivity contribution in [2.24, 2.45) is 17.8 Å². The summed E-state index contributed by atoms with van der Waals surface area (Å²) in [5.74, 6) is 0.381. The van der Waals surface area contributed by atoms with Gasteiger partial charge in [-0.25, -0.2) is 9.59 Å². The lowest BCUT2D eigenvalue weighted by atomic mass is 9.69. The van der Waals surface area contributed by atoms with Gasteiger partial charge in [-0.1, -0.05) is 24.3 Å². The van der Waals surface area contributed by atoms with Crippen LogP contribution in [0.3, 0.4) is 0 Å². The number of carbonyl (C=O) groups excluding carboxylic acids is 1. The molecule has 1 aliphatic carbocycles. The van der Waals surface area contributed by atoms with Crippen LogP contribution in [0.5, 0.6) is 0 Å². The Balaban J connectivity index is 1.54. The van der Waals surface area contributed by atoms with E-state index in [-0.39, 0.29) is 0 Å². The van der Waals surface area contributed by atoms with E-state index in [4.69, 9.17) is 4.74 Å². The van der Waals surface area contributed by atoms with Crippen molar-refractivity contribution in [2.75, 3.05) is 20.2 Å². The number of hydrogen-bond donors (Lipinski definition) is 2. The number of piperidine rings is 1. The van der Waals surface area contributed by atoms with Gasteiger partial charge in [-0.3, -0.25) is 4.90 Å². The van der Waals surface area contributed by atoms with Crippen LogP contribution < -0.4 is 5.32 Å². The number of carboxylic acid groups (broad SMARTS) is 1. The van der Waals surface area contributed by atoms with Crippen LogP contribution in [0.25, 0.3) is 0 Å². The summed E-state index contributed by atoms with van der Waals surface area (Å²) in [7, 11) is 1.31. The van der Waals surface area contributed by atoms with Crippen molar-refractivity contribution in [1.82, 2.24) is 10.2 Å². The lowest BCUT2D eigenvalue weighted by Gasteiger charge is -2.45. The normalized spacial score (nSPS) is 27.7. The van der Waals surface area contributed by atoms with Gasteiger partial charge in [0.2, 0.25) is 0 Å². The first-order chi connectivity index (χ1) is 13.0. The number of rotatable bonds is 5. The molecule has 0 radical (unpaired) electrons. The summed E-state index contributed by atoms with van der Waals surface area (Å²) < 4.78 is 4.79. The number of aryl methyl sites for hydroxylation is 1. The molecule has 0 aromatic heterocycles. The zero-order chi connectivity index (χ0) is 19.4. The minimum Gasteiger partial charge on any atom is -0.480 e. The number of nitrogens with zero attached hydrogens (tertiary/aromatic N) is 1. The van der Waals surface area contributed by atoms with E-state index in [0.717, 1.165) is 32.4 Å². The fourth-order valence-corrected chi connectivity index (χ4v) is 4.70. The van der Waals surface area contributed by atoms with Gasteiger partial charge in [0.15, 0.2) is 0 Å². The van der Waals surface area contributed by atoms with E-state index in [1.807, 2.05) is 0 Å². The van der Waals surface area contributed by atoms with Gasteiger partial charge >= 0.3 is 12.1 Å². The van der Waals surface area contributed by atoms with Crippen LogP contribution in [-0.4, -0.2) is 48.3 Å². The van der Waals surface area contributed by atoms with Crippen molar-refractivity contribution in [3.05, 3.63) is 35.4 Å². The number of hydrogen-bond acceptors (Lipinski definition) is 4. The summed E-state index contributed by atoms with van der Waals surface area (Å²) >= 11 is 0. The van der Waals surface area contributed by atoms with Crippen molar-refractivity contribution >= 4 is 12.1 Å². The third-order valence-corrected chi connectivity index (χ3v) is 6.29. The number of likely N-dealkylation sites (tertiary alicyclic amines) is 1. The molecule has 6 nitrogen and oxygen atoms in total. The number of benzene rings is 1. The van der Waals surface area contributed by atoms with Crippen LogP contribution in [0.4, 0.5) is 4.79 Å². The molecule has 1 aromatic rings. The Kier molecular flexibility index (Phi) is 6.37. The number of amides is 1. The van der Waals surface area contributed by atoms with Gasteiger partial charge in [0.05, 0.1) is 7.11 Å². The monoisotopic (exact) mass is 374 g/mol. The second kappa shape index (κ2) is 8.74. The summed E-state index contributed by atoms with van der Waals surface area (Å²) in [5, 5.41) is 13.1. The van der Waals surface area contributed by atoms with Crippen molar-refractivity contribution in [3.8, 4) is 0 Å². The summed E-state index contributed by atoms with van der Waals surface area (Å²) in [4.78, 5) is 25.0. The first kappa shape index (κ1) is 19.7.